The summed E-state index contributed by atoms with van der Waals surface area (Å²) in [4.78, 5) is 4.16. The molecule has 0 bridgehead atoms. The van der Waals surface area contributed by atoms with Gasteiger partial charge in [-0.25, -0.2) is 4.98 Å². The van der Waals surface area contributed by atoms with Crippen LogP contribution in [-0.4, -0.2) is 9.55 Å². The van der Waals surface area contributed by atoms with Crippen molar-refractivity contribution in [3.05, 3.63) is 46.5 Å². The van der Waals surface area contributed by atoms with Gasteiger partial charge in [0, 0.05) is 29.1 Å². The van der Waals surface area contributed by atoms with Crippen LogP contribution in [-0.2, 0) is 19.3 Å². The molecule has 108 valence electrons. The van der Waals surface area contributed by atoms with Gasteiger partial charge >= 0.3 is 6.18 Å². The second kappa shape index (κ2) is 5.87. The first-order chi connectivity index (χ1) is 9.40. The number of hydrogen-bond acceptors (Lipinski definition) is 2. The Balaban J connectivity index is 2.16. The lowest BCUT2D eigenvalue weighted by molar-refractivity contribution is -0.137. The summed E-state index contributed by atoms with van der Waals surface area (Å²) in [5.41, 5.74) is -0.287. The molecule has 0 radical (unpaired) electrons. The van der Waals surface area contributed by atoms with Gasteiger partial charge in [0.2, 0.25) is 0 Å². The number of nitrogens with one attached hydrogen (secondary N) is 1. The maximum absolute atomic E-state index is 12.7. The summed E-state index contributed by atoms with van der Waals surface area (Å²) in [5, 5.41) is 2.96. The first-order valence-corrected chi connectivity index (χ1v) is 6.81. The van der Waals surface area contributed by atoms with E-state index in [2.05, 4.69) is 26.2 Å². The molecule has 2 aromatic rings. The Hall–Kier alpha value is -1.50. The predicted molar refractivity (Wildman–Crippen MR) is 74.4 cm³/mol. The monoisotopic (exact) mass is 347 g/mol. The molecule has 0 fully saturated rings. The number of aromatic nitrogens is 2. The van der Waals surface area contributed by atoms with Gasteiger partial charge in [-0.05, 0) is 25.1 Å². The van der Waals surface area contributed by atoms with Crippen molar-refractivity contribution in [3.63, 3.8) is 0 Å². The fraction of sp³-hybridized carbons (Fsp3) is 0.308. The van der Waals surface area contributed by atoms with Gasteiger partial charge in [-0.1, -0.05) is 15.9 Å². The van der Waals surface area contributed by atoms with E-state index in [1.807, 2.05) is 17.7 Å². The minimum absolute atomic E-state index is 0.370. The van der Waals surface area contributed by atoms with Crippen LogP contribution in [0.15, 0.2) is 35.1 Å². The SMILES string of the molecule is CCn1ccnc1CNc1cc(Br)cc(C(F)(F)F)c1. The van der Waals surface area contributed by atoms with Crippen LogP contribution >= 0.6 is 15.9 Å². The summed E-state index contributed by atoms with van der Waals surface area (Å²) in [5.74, 6) is 0.779. The van der Waals surface area contributed by atoms with Crippen molar-refractivity contribution in [1.82, 2.24) is 9.55 Å². The highest BCUT2D eigenvalue weighted by Crippen LogP contribution is 2.33. The molecule has 1 aromatic carbocycles. The number of halogens is 4. The van der Waals surface area contributed by atoms with E-state index in [0.717, 1.165) is 24.5 Å². The Morgan fingerprint density at radius 1 is 1.30 bits per heavy atom. The molecular formula is C13H13BrF3N3. The van der Waals surface area contributed by atoms with E-state index in [1.165, 1.54) is 0 Å². The molecule has 0 atom stereocenters. The summed E-state index contributed by atoms with van der Waals surface area (Å²) in [6.45, 7) is 3.12. The molecule has 1 N–H and O–H groups in total. The number of nitrogens with zero attached hydrogens (tertiary/aromatic N) is 2. The van der Waals surface area contributed by atoms with Gasteiger partial charge < -0.3 is 9.88 Å². The number of benzene rings is 1. The van der Waals surface area contributed by atoms with Crippen LogP contribution in [0.5, 0.6) is 0 Å². The standard InChI is InChI=1S/C13H13BrF3N3/c1-2-20-4-3-18-12(20)8-19-11-6-9(13(15,16)17)5-10(14)7-11/h3-7,19H,2,8H2,1H3. The number of anilines is 1. The first-order valence-electron chi connectivity index (χ1n) is 6.02. The number of rotatable bonds is 4. The Morgan fingerprint density at radius 2 is 2.05 bits per heavy atom. The second-order valence-electron chi connectivity index (χ2n) is 4.21. The van der Waals surface area contributed by atoms with Gasteiger partial charge in [0.25, 0.3) is 0 Å². The van der Waals surface area contributed by atoms with Crippen molar-refractivity contribution in [1.29, 1.82) is 0 Å². The lowest BCUT2D eigenvalue weighted by Gasteiger charge is -2.12. The van der Waals surface area contributed by atoms with Crippen LogP contribution in [0.1, 0.15) is 18.3 Å². The Morgan fingerprint density at radius 3 is 2.70 bits per heavy atom. The van der Waals surface area contributed by atoms with Crippen LogP contribution in [0.2, 0.25) is 0 Å². The van der Waals surface area contributed by atoms with Gasteiger partial charge in [0.05, 0.1) is 12.1 Å². The van der Waals surface area contributed by atoms with Crippen LogP contribution < -0.4 is 5.32 Å². The molecule has 0 aliphatic carbocycles. The number of hydrogen-bond donors (Lipinski definition) is 1. The number of aryl methyl sites for hydroxylation is 1. The molecule has 1 aromatic heterocycles. The average Bonchev–Trinajstić information content (AvgIpc) is 2.82. The van der Waals surface area contributed by atoms with Crippen molar-refractivity contribution in [2.24, 2.45) is 0 Å². The van der Waals surface area contributed by atoms with E-state index in [-0.39, 0.29) is 0 Å². The topological polar surface area (TPSA) is 29.9 Å². The van der Waals surface area contributed by atoms with Crippen molar-refractivity contribution in [2.45, 2.75) is 26.2 Å². The summed E-state index contributed by atoms with van der Waals surface area (Å²) in [7, 11) is 0. The molecule has 0 saturated carbocycles. The zero-order valence-corrected chi connectivity index (χ0v) is 12.3. The Bertz CT molecular complexity index is 593. The molecular weight excluding hydrogens is 335 g/mol. The van der Waals surface area contributed by atoms with Crippen molar-refractivity contribution >= 4 is 21.6 Å². The lowest BCUT2D eigenvalue weighted by atomic mass is 10.2. The van der Waals surface area contributed by atoms with Crippen molar-refractivity contribution in [3.8, 4) is 0 Å². The fourth-order valence-corrected chi connectivity index (χ4v) is 2.32. The zero-order chi connectivity index (χ0) is 14.8. The zero-order valence-electron chi connectivity index (χ0n) is 10.7. The molecule has 3 nitrogen and oxygen atoms in total. The quantitative estimate of drug-likeness (QED) is 0.893. The summed E-state index contributed by atoms with van der Waals surface area (Å²) in [6, 6.07) is 3.75. The normalized spacial score (nSPS) is 11.7. The van der Waals surface area contributed by atoms with Crippen LogP contribution in [0.4, 0.5) is 18.9 Å². The molecule has 7 heteroatoms. The maximum Gasteiger partial charge on any atom is 0.416 e. The van der Waals surface area contributed by atoms with E-state index >= 15 is 0 Å². The van der Waals surface area contributed by atoms with Gasteiger partial charge in [-0.15, -0.1) is 0 Å². The Kier molecular flexibility index (Phi) is 4.37. The highest BCUT2D eigenvalue weighted by molar-refractivity contribution is 9.10. The van der Waals surface area contributed by atoms with E-state index in [0.29, 0.717) is 16.7 Å². The smallest absolute Gasteiger partial charge is 0.378 e. The van der Waals surface area contributed by atoms with Gasteiger partial charge in [0.1, 0.15) is 5.82 Å². The first kappa shape index (κ1) is 14.9. The molecule has 20 heavy (non-hydrogen) atoms. The third kappa shape index (κ3) is 3.53. The largest absolute Gasteiger partial charge is 0.416 e. The summed E-state index contributed by atoms with van der Waals surface area (Å²) in [6.07, 6.45) is -0.857. The van der Waals surface area contributed by atoms with Gasteiger partial charge in [-0.3, -0.25) is 0 Å². The molecule has 0 aliphatic rings. The van der Waals surface area contributed by atoms with Crippen molar-refractivity contribution in [2.75, 3.05) is 5.32 Å². The van der Waals surface area contributed by atoms with Gasteiger partial charge in [-0.2, -0.15) is 13.2 Å². The summed E-state index contributed by atoms with van der Waals surface area (Å²) >= 11 is 3.09. The summed E-state index contributed by atoms with van der Waals surface area (Å²) < 4.78 is 40.5. The van der Waals surface area contributed by atoms with Crippen LogP contribution in [0.3, 0.4) is 0 Å². The lowest BCUT2D eigenvalue weighted by Crippen LogP contribution is -2.09. The Labute approximate surface area is 123 Å². The van der Waals surface area contributed by atoms with Gasteiger partial charge in [0.15, 0.2) is 0 Å². The highest BCUT2D eigenvalue weighted by atomic mass is 79.9. The van der Waals surface area contributed by atoms with E-state index in [1.54, 1.807) is 12.3 Å². The molecule has 0 amide bonds. The second-order valence-corrected chi connectivity index (χ2v) is 5.13. The minimum Gasteiger partial charge on any atom is -0.378 e. The predicted octanol–water partition coefficient (Wildman–Crippen LogP) is 4.30. The van der Waals surface area contributed by atoms with E-state index < -0.39 is 11.7 Å². The molecule has 0 unspecified atom stereocenters. The molecule has 0 aliphatic heterocycles. The third-order valence-corrected chi connectivity index (χ3v) is 3.28. The average molecular weight is 348 g/mol. The molecule has 1 heterocycles. The van der Waals surface area contributed by atoms with Crippen molar-refractivity contribution < 1.29 is 13.2 Å². The van der Waals surface area contributed by atoms with E-state index in [9.17, 15) is 13.2 Å². The molecule has 2 rings (SSSR count). The number of alkyl halides is 3. The highest BCUT2D eigenvalue weighted by Gasteiger charge is 2.31. The van der Waals surface area contributed by atoms with E-state index in [4.69, 9.17) is 0 Å². The number of imidazole rings is 1. The molecule has 0 saturated heterocycles. The van der Waals surface area contributed by atoms with Crippen LogP contribution in [0, 0.1) is 0 Å². The third-order valence-electron chi connectivity index (χ3n) is 2.82. The maximum atomic E-state index is 12.7. The fourth-order valence-electron chi connectivity index (χ4n) is 1.83. The minimum atomic E-state index is -4.36. The van der Waals surface area contributed by atoms with Crippen LogP contribution in [0.25, 0.3) is 0 Å². The molecule has 0 spiro atoms.